The molecule has 0 heterocycles. The van der Waals surface area contributed by atoms with E-state index in [4.69, 9.17) is 11.6 Å². The van der Waals surface area contributed by atoms with E-state index >= 15 is 0 Å². The summed E-state index contributed by atoms with van der Waals surface area (Å²) in [5.74, 6) is 0.839. The van der Waals surface area contributed by atoms with Crippen LogP contribution in [0.15, 0.2) is 12.2 Å². The molecular formula is C15H28ClI. The molecule has 0 fully saturated rings. The van der Waals surface area contributed by atoms with Crippen LogP contribution in [0.25, 0.3) is 0 Å². The minimum absolute atomic E-state index is 0.839. The molecule has 0 aromatic heterocycles. The molecule has 0 atom stereocenters. The van der Waals surface area contributed by atoms with Crippen LogP contribution in [-0.2, 0) is 0 Å². The monoisotopic (exact) mass is 370 g/mol. The average molecular weight is 371 g/mol. The van der Waals surface area contributed by atoms with Crippen molar-refractivity contribution in [3.63, 3.8) is 0 Å². The second-order valence-electron chi connectivity index (χ2n) is 4.64. The van der Waals surface area contributed by atoms with Gasteiger partial charge in [0.05, 0.1) is 0 Å². The molecule has 0 saturated heterocycles. The van der Waals surface area contributed by atoms with Gasteiger partial charge in [-0.15, -0.1) is 11.6 Å². The lowest BCUT2D eigenvalue weighted by atomic mass is 10.1. The number of unbranched alkanes of at least 4 members (excludes halogenated alkanes) is 10. The second kappa shape index (κ2) is 16.8. The molecule has 0 spiro atoms. The molecule has 0 aliphatic rings. The van der Waals surface area contributed by atoms with E-state index in [0.29, 0.717) is 0 Å². The van der Waals surface area contributed by atoms with E-state index in [0.717, 1.165) is 10.3 Å². The van der Waals surface area contributed by atoms with Crippen molar-refractivity contribution in [1.82, 2.24) is 0 Å². The Labute approximate surface area is 127 Å². The van der Waals surface area contributed by atoms with Gasteiger partial charge in [0, 0.05) is 10.3 Å². The standard InChI is InChI=1S/C15H28ClI/c16-14-12-10-8-6-4-2-1-3-5-7-9-11-13-15-17/h11,13H,1-10,12,14-15H2. The van der Waals surface area contributed by atoms with Crippen LogP contribution >= 0.6 is 34.2 Å². The Balaban J connectivity index is 2.91. The molecule has 0 aliphatic heterocycles. The number of rotatable bonds is 13. The average Bonchev–Trinajstić information content (AvgIpc) is 2.35. The van der Waals surface area contributed by atoms with Crippen molar-refractivity contribution in [2.24, 2.45) is 0 Å². The summed E-state index contributed by atoms with van der Waals surface area (Å²) < 4.78 is 1.15. The maximum absolute atomic E-state index is 5.64. The molecule has 0 aromatic carbocycles. The van der Waals surface area contributed by atoms with Gasteiger partial charge < -0.3 is 0 Å². The molecule has 102 valence electrons. The third kappa shape index (κ3) is 16.8. The van der Waals surface area contributed by atoms with Gasteiger partial charge in [-0.2, -0.15) is 0 Å². The van der Waals surface area contributed by atoms with Crippen LogP contribution in [0.4, 0.5) is 0 Å². The molecule has 0 unspecified atom stereocenters. The van der Waals surface area contributed by atoms with Crippen molar-refractivity contribution in [3.05, 3.63) is 12.2 Å². The Hall–Kier alpha value is 0.760. The molecular weight excluding hydrogens is 343 g/mol. The highest BCUT2D eigenvalue weighted by molar-refractivity contribution is 14.1. The topological polar surface area (TPSA) is 0 Å². The van der Waals surface area contributed by atoms with E-state index in [1.165, 1.54) is 70.6 Å². The SMILES string of the molecule is ClCCCCCCCCCCCCC=CCI. The van der Waals surface area contributed by atoms with Gasteiger partial charge in [-0.25, -0.2) is 0 Å². The van der Waals surface area contributed by atoms with Crippen molar-refractivity contribution in [2.45, 2.75) is 70.6 Å². The van der Waals surface area contributed by atoms with Gasteiger partial charge >= 0.3 is 0 Å². The summed E-state index contributed by atoms with van der Waals surface area (Å²) in [6.45, 7) is 0. The Morgan fingerprint density at radius 1 is 0.647 bits per heavy atom. The van der Waals surface area contributed by atoms with E-state index in [2.05, 4.69) is 34.7 Å². The zero-order valence-electron chi connectivity index (χ0n) is 11.1. The predicted molar refractivity (Wildman–Crippen MR) is 89.5 cm³/mol. The van der Waals surface area contributed by atoms with Gasteiger partial charge in [0.2, 0.25) is 0 Å². The van der Waals surface area contributed by atoms with Crippen LogP contribution in [0.3, 0.4) is 0 Å². The third-order valence-electron chi connectivity index (χ3n) is 3.01. The van der Waals surface area contributed by atoms with Gasteiger partial charge in [-0.1, -0.05) is 86.1 Å². The highest BCUT2D eigenvalue weighted by atomic mass is 127. The second-order valence-corrected chi connectivity index (χ2v) is 5.90. The minimum Gasteiger partial charge on any atom is -0.127 e. The molecule has 2 heteroatoms. The fourth-order valence-corrected chi connectivity index (χ4v) is 2.50. The van der Waals surface area contributed by atoms with Crippen LogP contribution in [0.5, 0.6) is 0 Å². The quantitative estimate of drug-likeness (QED) is 0.150. The first-order valence-electron chi connectivity index (χ1n) is 7.18. The molecule has 0 nitrogen and oxygen atoms in total. The Bertz CT molecular complexity index is 157. The minimum atomic E-state index is 0.839. The highest BCUT2D eigenvalue weighted by Crippen LogP contribution is 2.11. The van der Waals surface area contributed by atoms with Gasteiger partial charge in [-0.3, -0.25) is 0 Å². The van der Waals surface area contributed by atoms with Crippen LogP contribution in [-0.4, -0.2) is 10.3 Å². The fourth-order valence-electron chi connectivity index (χ4n) is 1.95. The van der Waals surface area contributed by atoms with Gasteiger partial charge in [0.1, 0.15) is 0 Å². The fraction of sp³-hybridized carbons (Fsp3) is 0.867. The number of halogens is 2. The van der Waals surface area contributed by atoms with E-state index in [1.54, 1.807) is 0 Å². The van der Waals surface area contributed by atoms with Crippen molar-refractivity contribution in [3.8, 4) is 0 Å². The van der Waals surface area contributed by atoms with Crippen molar-refractivity contribution >= 4 is 34.2 Å². The number of allylic oxidation sites excluding steroid dienone is 2. The zero-order chi connectivity index (χ0) is 12.6. The van der Waals surface area contributed by atoms with Crippen LogP contribution in [0.2, 0.25) is 0 Å². The molecule has 0 radical (unpaired) electrons. The molecule has 0 bridgehead atoms. The largest absolute Gasteiger partial charge is 0.127 e. The zero-order valence-corrected chi connectivity index (χ0v) is 14.0. The van der Waals surface area contributed by atoms with Crippen LogP contribution < -0.4 is 0 Å². The van der Waals surface area contributed by atoms with Gasteiger partial charge in [0.15, 0.2) is 0 Å². The number of hydrogen-bond acceptors (Lipinski definition) is 0. The van der Waals surface area contributed by atoms with E-state index in [9.17, 15) is 0 Å². The molecule has 0 amide bonds. The first-order chi connectivity index (χ1) is 8.41. The van der Waals surface area contributed by atoms with Gasteiger partial charge in [0.25, 0.3) is 0 Å². The van der Waals surface area contributed by atoms with E-state index in [1.807, 2.05) is 0 Å². The summed E-state index contributed by atoms with van der Waals surface area (Å²) in [5, 5.41) is 0. The Morgan fingerprint density at radius 3 is 1.59 bits per heavy atom. The molecule has 0 aromatic rings. The summed E-state index contributed by atoms with van der Waals surface area (Å²) in [6, 6.07) is 0. The predicted octanol–water partition coefficient (Wildman–Crippen LogP) is 6.51. The Morgan fingerprint density at radius 2 is 1.12 bits per heavy atom. The molecule has 0 saturated carbocycles. The smallest absolute Gasteiger partial charge is 0.0223 e. The van der Waals surface area contributed by atoms with Crippen LogP contribution in [0, 0.1) is 0 Å². The summed E-state index contributed by atoms with van der Waals surface area (Å²) in [6.07, 6.45) is 19.7. The maximum Gasteiger partial charge on any atom is 0.0223 e. The van der Waals surface area contributed by atoms with Gasteiger partial charge in [-0.05, 0) is 19.3 Å². The third-order valence-corrected chi connectivity index (χ3v) is 3.79. The molecule has 17 heavy (non-hydrogen) atoms. The van der Waals surface area contributed by atoms with Crippen molar-refractivity contribution < 1.29 is 0 Å². The normalized spacial score (nSPS) is 11.4. The molecule has 0 N–H and O–H groups in total. The number of alkyl halides is 2. The summed E-state index contributed by atoms with van der Waals surface area (Å²) in [5.41, 5.74) is 0. The Kier molecular flexibility index (Phi) is 17.5. The first-order valence-corrected chi connectivity index (χ1v) is 9.24. The lowest BCUT2D eigenvalue weighted by molar-refractivity contribution is 0.558. The highest BCUT2D eigenvalue weighted by Gasteiger charge is 1.92. The lowest BCUT2D eigenvalue weighted by Crippen LogP contribution is -1.82. The first kappa shape index (κ1) is 17.8. The summed E-state index contributed by atoms with van der Waals surface area (Å²) in [4.78, 5) is 0. The molecule has 0 rings (SSSR count). The summed E-state index contributed by atoms with van der Waals surface area (Å²) in [7, 11) is 0. The van der Waals surface area contributed by atoms with E-state index < -0.39 is 0 Å². The number of hydrogen-bond donors (Lipinski definition) is 0. The van der Waals surface area contributed by atoms with Crippen molar-refractivity contribution in [2.75, 3.05) is 10.3 Å². The van der Waals surface area contributed by atoms with Crippen LogP contribution in [0.1, 0.15) is 70.6 Å². The van der Waals surface area contributed by atoms with E-state index in [-0.39, 0.29) is 0 Å². The van der Waals surface area contributed by atoms with Crippen molar-refractivity contribution in [1.29, 1.82) is 0 Å². The summed E-state index contributed by atoms with van der Waals surface area (Å²) >= 11 is 8.03. The maximum atomic E-state index is 5.64. The molecule has 0 aliphatic carbocycles. The lowest BCUT2D eigenvalue weighted by Gasteiger charge is -2.01.